The molecular formula is C18H14ClF3N4O3S. The molecule has 1 aromatic heterocycles. The molecule has 158 valence electrons. The number of nitrogens with one attached hydrogen (secondary N) is 2. The minimum atomic E-state index is -4.74. The van der Waals surface area contributed by atoms with Crippen molar-refractivity contribution in [1.82, 2.24) is 14.5 Å². The molecule has 2 N–H and O–H groups in total. The van der Waals surface area contributed by atoms with Gasteiger partial charge in [0.15, 0.2) is 0 Å². The number of halogens is 4. The second-order valence-electron chi connectivity index (χ2n) is 6.01. The zero-order valence-electron chi connectivity index (χ0n) is 15.0. The Kier molecular flexibility index (Phi) is 6.15. The van der Waals surface area contributed by atoms with E-state index in [0.717, 1.165) is 11.8 Å². The van der Waals surface area contributed by atoms with Gasteiger partial charge < -0.3 is 5.32 Å². The molecule has 1 heterocycles. The lowest BCUT2D eigenvalue weighted by molar-refractivity contribution is -0.137. The van der Waals surface area contributed by atoms with Crippen molar-refractivity contribution in [2.45, 2.75) is 11.1 Å². The molecule has 0 atom stereocenters. The van der Waals surface area contributed by atoms with E-state index in [1.807, 2.05) is 4.72 Å². The highest BCUT2D eigenvalue weighted by atomic mass is 35.5. The number of anilines is 1. The summed E-state index contributed by atoms with van der Waals surface area (Å²) in [6, 6.07) is 10.2. The van der Waals surface area contributed by atoms with Gasteiger partial charge in [-0.2, -0.15) is 18.3 Å². The van der Waals surface area contributed by atoms with Gasteiger partial charge in [-0.3, -0.25) is 4.79 Å². The van der Waals surface area contributed by atoms with Crippen molar-refractivity contribution < 1.29 is 26.4 Å². The summed E-state index contributed by atoms with van der Waals surface area (Å²) >= 11 is 5.74. The van der Waals surface area contributed by atoms with Crippen LogP contribution in [-0.4, -0.2) is 30.7 Å². The Bertz CT molecular complexity index is 1150. The number of sulfonamides is 1. The fraction of sp³-hybridized carbons (Fsp3) is 0.111. The molecule has 1 amide bonds. The zero-order valence-corrected chi connectivity index (χ0v) is 16.6. The van der Waals surface area contributed by atoms with Crippen LogP contribution in [0.4, 0.5) is 18.9 Å². The maximum Gasteiger partial charge on any atom is 0.416 e. The van der Waals surface area contributed by atoms with E-state index in [0.29, 0.717) is 17.8 Å². The molecule has 0 radical (unpaired) electrons. The van der Waals surface area contributed by atoms with E-state index < -0.39 is 44.1 Å². The first-order valence-electron chi connectivity index (χ1n) is 8.32. The largest absolute Gasteiger partial charge is 0.416 e. The van der Waals surface area contributed by atoms with Crippen molar-refractivity contribution in [2.24, 2.45) is 0 Å². The van der Waals surface area contributed by atoms with Crippen molar-refractivity contribution in [3.63, 3.8) is 0 Å². The molecule has 0 aliphatic rings. The van der Waals surface area contributed by atoms with Gasteiger partial charge >= 0.3 is 6.18 Å². The summed E-state index contributed by atoms with van der Waals surface area (Å²) in [5.41, 5.74) is -0.0286. The number of rotatable bonds is 6. The summed E-state index contributed by atoms with van der Waals surface area (Å²) in [5, 5.41) is 6.14. The minimum absolute atomic E-state index is 0.396. The van der Waals surface area contributed by atoms with Crippen LogP contribution in [-0.2, 0) is 21.0 Å². The maximum atomic E-state index is 12.8. The van der Waals surface area contributed by atoms with Gasteiger partial charge in [0.2, 0.25) is 15.9 Å². The molecule has 0 bridgehead atoms. The third kappa shape index (κ3) is 5.17. The molecule has 2 aromatic carbocycles. The highest BCUT2D eigenvalue weighted by molar-refractivity contribution is 7.89. The zero-order chi connectivity index (χ0) is 21.9. The molecule has 0 aliphatic heterocycles. The average Bonchev–Trinajstić information content (AvgIpc) is 3.21. The van der Waals surface area contributed by atoms with Crippen LogP contribution in [0.25, 0.3) is 5.69 Å². The van der Waals surface area contributed by atoms with E-state index in [1.165, 1.54) is 0 Å². The number of benzene rings is 2. The molecule has 0 unspecified atom stereocenters. The van der Waals surface area contributed by atoms with Gasteiger partial charge in [-0.25, -0.2) is 17.8 Å². The minimum Gasteiger partial charge on any atom is -0.325 e. The predicted octanol–water partition coefficient (Wildman–Crippen LogP) is 3.46. The van der Waals surface area contributed by atoms with Crippen molar-refractivity contribution in [1.29, 1.82) is 0 Å². The topological polar surface area (TPSA) is 93.1 Å². The van der Waals surface area contributed by atoms with Gasteiger partial charge in [-0.1, -0.05) is 11.6 Å². The number of hydrogen-bond donors (Lipinski definition) is 2. The fourth-order valence-corrected chi connectivity index (χ4v) is 3.95. The average molecular weight is 459 g/mol. The lowest BCUT2D eigenvalue weighted by Crippen LogP contribution is -2.33. The standard InChI is InChI=1S/C18H14ClF3N4O3S/c19-15-7-2-12(18(20,21)22)10-16(15)30(28,29)24-11-17(27)25-13-3-5-14(6-4-13)26-9-1-8-23-26/h1-10,24H,11H2,(H,25,27). The Morgan fingerprint density at radius 1 is 1.13 bits per heavy atom. The SMILES string of the molecule is O=C(CNS(=O)(=O)c1cc(C(F)(F)F)ccc1Cl)Nc1ccc(-n2cccn2)cc1. The summed E-state index contributed by atoms with van der Waals surface area (Å²) in [7, 11) is -4.45. The number of hydrogen-bond acceptors (Lipinski definition) is 4. The summed E-state index contributed by atoms with van der Waals surface area (Å²) < 4.78 is 66.7. The van der Waals surface area contributed by atoms with Crippen LogP contribution in [0.15, 0.2) is 65.8 Å². The maximum absolute atomic E-state index is 12.8. The number of carbonyl (C=O) groups excluding carboxylic acids is 1. The number of nitrogens with zero attached hydrogens (tertiary/aromatic N) is 2. The third-order valence-corrected chi connectivity index (χ3v) is 5.77. The van der Waals surface area contributed by atoms with Gasteiger partial charge in [-0.15, -0.1) is 0 Å². The van der Waals surface area contributed by atoms with Crippen LogP contribution < -0.4 is 10.0 Å². The first-order chi connectivity index (χ1) is 14.1. The Morgan fingerprint density at radius 2 is 1.83 bits per heavy atom. The third-order valence-electron chi connectivity index (χ3n) is 3.89. The van der Waals surface area contributed by atoms with Gasteiger partial charge in [0.25, 0.3) is 0 Å². The summed E-state index contributed by atoms with van der Waals surface area (Å²) in [6.45, 7) is -0.699. The van der Waals surface area contributed by atoms with Gasteiger partial charge in [0.05, 0.1) is 22.8 Å². The normalized spacial score (nSPS) is 12.0. The van der Waals surface area contributed by atoms with Crippen LogP contribution in [0.1, 0.15) is 5.56 Å². The number of alkyl halides is 3. The lowest BCUT2D eigenvalue weighted by Gasteiger charge is -2.12. The summed E-state index contributed by atoms with van der Waals surface area (Å²) in [5.74, 6) is -0.714. The molecular weight excluding hydrogens is 445 g/mol. The van der Waals surface area contributed by atoms with Gasteiger partial charge in [0.1, 0.15) is 4.90 Å². The van der Waals surface area contributed by atoms with Crippen molar-refractivity contribution >= 4 is 33.2 Å². The molecule has 0 saturated carbocycles. The predicted molar refractivity (Wildman–Crippen MR) is 104 cm³/mol. The number of carbonyl (C=O) groups is 1. The lowest BCUT2D eigenvalue weighted by atomic mass is 10.2. The molecule has 3 aromatic rings. The van der Waals surface area contributed by atoms with Crippen LogP contribution in [0.5, 0.6) is 0 Å². The molecule has 12 heteroatoms. The second kappa shape index (κ2) is 8.46. The van der Waals surface area contributed by atoms with E-state index >= 15 is 0 Å². The van der Waals surface area contributed by atoms with E-state index in [9.17, 15) is 26.4 Å². The van der Waals surface area contributed by atoms with Crippen molar-refractivity contribution in [3.05, 3.63) is 71.5 Å². The van der Waals surface area contributed by atoms with Crippen LogP contribution in [0.3, 0.4) is 0 Å². The summed E-state index contributed by atoms with van der Waals surface area (Å²) in [6.07, 6.45) is -1.39. The van der Waals surface area contributed by atoms with Crippen molar-refractivity contribution in [2.75, 3.05) is 11.9 Å². The Labute approximate surface area is 174 Å². The Morgan fingerprint density at radius 3 is 2.43 bits per heavy atom. The first kappa shape index (κ1) is 21.8. The monoisotopic (exact) mass is 458 g/mol. The van der Waals surface area contributed by atoms with E-state index in [2.05, 4.69) is 10.4 Å². The second-order valence-corrected chi connectivity index (χ2v) is 8.16. The van der Waals surface area contributed by atoms with Crippen molar-refractivity contribution in [3.8, 4) is 5.69 Å². The highest BCUT2D eigenvalue weighted by Crippen LogP contribution is 2.33. The first-order valence-corrected chi connectivity index (χ1v) is 10.2. The fourth-order valence-electron chi connectivity index (χ4n) is 2.45. The molecule has 0 aliphatic carbocycles. The van der Waals surface area contributed by atoms with E-state index in [1.54, 1.807) is 47.4 Å². The Hall–Kier alpha value is -2.89. The van der Waals surface area contributed by atoms with E-state index in [4.69, 9.17) is 11.6 Å². The molecule has 7 nitrogen and oxygen atoms in total. The number of aromatic nitrogens is 2. The van der Waals surface area contributed by atoms with Crippen LogP contribution in [0, 0.1) is 0 Å². The smallest absolute Gasteiger partial charge is 0.325 e. The number of amides is 1. The van der Waals surface area contributed by atoms with E-state index in [-0.39, 0.29) is 0 Å². The van der Waals surface area contributed by atoms with Crippen LogP contribution in [0.2, 0.25) is 5.02 Å². The molecule has 0 fully saturated rings. The highest BCUT2D eigenvalue weighted by Gasteiger charge is 2.32. The quantitative estimate of drug-likeness (QED) is 0.591. The summed E-state index contributed by atoms with van der Waals surface area (Å²) in [4.78, 5) is 11.3. The van der Waals surface area contributed by atoms with Crippen LogP contribution >= 0.6 is 11.6 Å². The Balaban J connectivity index is 1.65. The molecule has 30 heavy (non-hydrogen) atoms. The van der Waals surface area contributed by atoms with Gasteiger partial charge in [0, 0.05) is 18.1 Å². The molecule has 3 rings (SSSR count). The molecule has 0 spiro atoms. The molecule has 0 saturated heterocycles. The van der Waals surface area contributed by atoms with Gasteiger partial charge in [-0.05, 0) is 48.5 Å².